The molecule has 2 aliphatic rings. The first-order valence-electron chi connectivity index (χ1n) is 8.94. The fraction of sp³-hybridized carbons (Fsp3) is 0.579. The zero-order chi connectivity index (χ0) is 16.9. The van der Waals surface area contributed by atoms with E-state index < -0.39 is 6.10 Å². The molecular formula is C19H27ClN2O3. The smallest absolute Gasteiger partial charge is 0.220 e. The number of rotatable bonds is 6. The molecule has 1 saturated heterocycles. The minimum Gasteiger partial charge on any atom is -0.391 e. The van der Waals surface area contributed by atoms with Gasteiger partial charge in [0.15, 0.2) is 5.78 Å². The highest BCUT2D eigenvalue weighted by atomic mass is 35.5. The van der Waals surface area contributed by atoms with Crippen LogP contribution in [-0.2, 0) is 17.6 Å². The number of ketones is 1. The Bertz CT molecular complexity index is 621. The summed E-state index contributed by atoms with van der Waals surface area (Å²) in [7, 11) is 0. The SMILES string of the molecule is Cl.O=C(CCC(=O)c1ccc2c(c1)CCCC2)NCC1CNCC1O. The highest BCUT2D eigenvalue weighted by Crippen LogP contribution is 2.23. The first-order chi connectivity index (χ1) is 11.6. The van der Waals surface area contributed by atoms with Gasteiger partial charge in [-0.25, -0.2) is 0 Å². The van der Waals surface area contributed by atoms with Crippen molar-refractivity contribution in [1.29, 1.82) is 0 Å². The zero-order valence-electron chi connectivity index (χ0n) is 14.4. The summed E-state index contributed by atoms with van der Waals surface area (Å²) in [6, 6.07) is 5.97. The molecule has 1 amide bonds. The van der Waals surface area contributed by atoms with Crippen LogP contribution in [0.3, 0.4) is 0 Å². The van der Waals surface area contributed by atoms with E-state index in [9.17, 15) is 14.7 Å². The van der Waals surface area contributed by atoms with Crippen molar-refractivity contribution in [2.75, 3.05) is 19.6 Å². The first-order valence-corrected chi connectivity index (χ1v) is 8.94. The molecule has 1 aromatic carbocycles. The number of nitrogens with one attached hydrogen (secondary N) is 2. The predicted molar refractivity (Wildman–Crippen MR) is 99.3 cm³/mol. The quantitative estimate of drug-likeness (QED) is 0.669. The minimum atomic E-state index is -0.401. The molecule has 6 heteroatoms. The van der Waals surface area contributed by atoms with E-state index in [0.717, 1.165) is 24.9 Å². The molecule has 1 aliphatic carbocycles. The van der Waals surface area contributed by atoms with Crippen LogP contribution >= 0.6 is 12.4 Å². The number of halogens is 1. The van der Waals surface area contributed by atoms with Crippen molar-refractivity contribution in [3.05, 3.63) is 34.9 Å². The van der Waals surface area contributed by atoms with Crippen LogP contribution in [0.4, 0.5) is 0 Å². The molecule has 0 bridgehead atoms. The summed E-state index contributed by atoms with van der Waals surface area (Å²) in [5.41, 5.74) is 3.37. The van der Waals surface area contributed by atoms with Crippen LogP contribution < -0.4 is 10.6 Å². The lowest BCUT2D eigenvalue weighted by Crippen LogP contribution is -2.34. The van der Waals surface area contributed by atoms with Crippen molar-refractivity contribution < 1.29 is 14.7 Å². The monoisotopic (exact) mass is 366 g/mol. The normalized spacial score (nSPS) is 22.0. The Morgan fingerprint density at radius 2 is 1.88 bits per heavy atom. The number of Topliss-reactive ketones (excluding diaryl/α,β-unsaturated/α-hetero) is 1. The van der Waals surface area contributed by atoms with Crippen molar-refractivity contribution in [2.24, 2.45) is 5.92 Å². The Balaban J connectivity index is 0.00000225. The van der Waals surface area contributed by atoms with E-state index >= 15 is 0 Å². The Labute approximate surface area is 155 Å². The van der Waals surface area contributed by atoms with Gasteiger partial charge in [-0.3, -0.25) is 9.59 Å². The lowest BCUT2D eigenvalue weighted by molar-refractivity contribution is -0.121. The molecule has 1 heterocycles. The highest BCUT2D eigenvalue weighted by Gasteiger charge is 2.25. The van der Waals surface area contributed by atoms with Gasteiger partial charge in [-0.05, 0) is 42.9 Å². The van der Waals surface area contributed by atoms with Crippen molar-refractivity contribution in [2.45, 2.75) is 44.6 Å². The molecule has 138 valence electrons. The largest absolute Gasteiger partial charge is 0.391 e. The summed E-state index contributed by atoms with van der Waals surface area (Å²) in [4.78, 5) is 24.2. The van der Waals surface area contributed by atoms with Crippen LogP contribution in [0, 0.1) is 5.92 Å². The van der Waals surface area contributed by atoms with E-state index in [4.69, 9.17) is 0 Å². The summed E-state index contributed by atoms with van der Waals surface area (Å²) in [5, 5.41) is 15.6. The molecule has 1 aromatic rings. The lowest BCUT2D eigenvalue weighted by atomic mass is 9.89. The van der Waals surface area contributed by atoms with Crippen LogP contribution in [0.5, 0.6) is 0 Å². The summed E-state index contributed by atoms with van der Waals surface area (Å²) in [6.07, 6.45) is 4.61. The second-order valence-corrected chi connectivity index (χ2v) is 6.90. The molecule has 1 aliphatic heterocycles. The van der Waals surface area contributed by atoms with E-state index in [1.165, 1.54) is 24.0 Å². The number of aliphatic hydroxyl groups excluding tert-OH is 1. The van der Waals surface area contributed by atoms with Gasteiger partial charge < -0.3 is 15.7 Å². The standard InChI is InChI=1S/C19H26N2O3.ClH/c22-17(15-6-5-13-3-1-2-4-14(13)9-15)7-8-19(24)21-11-16-10-20-12-18(16)23;/h5-6,9,16,18,20,23H,1-4,7-8,10-12H2,(H,21,24);1H. The molecule has 0 spiro atoms. The van der Waals surface area contributed by atoms with Crippen LogP contribution in [0.1, 0.15) is 47.2 Å². The molecule has 3 N–H and O–H groups in total. The van der Waals surface area contributed by atoms with Gasteiger partial charge in [-0.2, -0.15) is 0 Å². The van der Waals surface area contributed by atoms with Gasteiger partial charge >= 0.3 is 0 Å². The summed E-state index contributed by atoms with van der Waals surface area (Å²) in [6.45, 7) is 1.76. The Morgan fingerprint density at radius 1 is 1.12 bits per heavy atom. The maximum atomic E-state index is 12.3. The minimum absolute atomic E-state index is 0. The van der Waals surface area contributed by atoms with E-state index in [1.54, 1.807) is 0 Å². The number of aliphatic hydroxyl groups is 1. The van der Waals surface area contributed by atoms with Gasteiger partial charge in [0.25, 0.3) is 0 Å². The van der Waals surface area contributed by atoms with E-state index in [-0.39, 0.29) is 42.9 Å². The molecule has 2 unspecified atom stereocenters. The fourth-order valence-electron chi connectivity index (χ4n) is 3.54. The fourth-order valence-corrected chi connectivity index (χ4v) is 3.54. The Morgan fingerprint density at radius 3 is 2.60 bits per heavy atom. The summed E-state index contributed by atoms with van der Waals surface area (Å²) >= 11 is 0. The van der Waals surface area contributed by atoms with Crippen LogP contribution in [0.2, 0.25) is 0 Å². The summed E-state index contributed by atoms with van der Waals surface area (Å²) < 4.78 is 0. The third kappa shape index (κ3) is 5.27. The number of benzene rings is 1. The molecule has 1 fully saturated rings. The van der Waals surface area contributed by atoms with E-state index in [2.05, 4.69) is 16.7 Å². The summed E-state index contributed by atoms with van der Waals surface area (Å²) in [5.74, 6) is -0.0354. The Kier molecular flexibility index (Phi) is 7.41. The molecule has 0 radical (unpaired) electrons. The van der Waals surface area contributed by atoms with Crippen LogP contribution in [0.15, 0.2) is 18.2 Å². The van der Waals surface area contributed by atoms with Crippen LogP contribution in [-0.4, -0.2) is 42.5 Å². The first kappa shape index (κ1) is 19.9. The second-order valence-electron chi connectivity index (χ2n) is 6.90. The van der Waals surface area contributed by atoms with Gasteiger partial charge in [0, 0.05) is 44.0 Å². The van der Waals surface area contributed by atoms with Gasteiger partial charge in [0.2, 0.25) is 5.91 Å². The zero-order valence-corrected chi connectivity index (χ0v) is 15.2. The molecular weight excluding hydrogens is 340 g/mol. The third-order valence-electron chi connectivity index (χ3n) is 5.12. The number of carbonyl (C=O) groups is 2. The van der Waals surface area contributed by atoms with E-state index in [1.807, 2.05) is 12.1 Å². The number of amides is 1. The number of carbonyl (C=O) groups excluding carboxylic acids is 2. The third-order valence-corrected chi connectivity index (χ3v) is 5.12. The number of hydrogen-bond acceptors (Lipinski definition) is 4. The second kappa shape index (κ2) is 9.32. The van der Waals surface area contributed by atoms with Crippen molar-refractivity contribution in [1.82, 2.24) is 10.6 Å². The van der Waals surface area contributed by atoms with Crippen molar-refractivity contribution in [3.8, 4) is 0 Å². The molecule has 0 aromatic heterocycles. The maximum absolute atomic E-state index is 12.3. The number of aryl methyl sites for hydroxylation is 2. The van der Waals surface area contributed by atoms with Crippen LogP contribution in [0.25, 0.3) is 0 Å². The molecule has 2 atom stereocenters. The Hall–Kier alpha value is -1.43. The maximum Gasteiger partial charge on any atom is 0.220 e. The van der Waals surface area contributed by atoms with Crippen molar-refractivity contribution >= 4 is 24.1 Å². The van der Waals surface area contributed by atoms with Gasteiger partial charge in [-0.15, -0.1) is 12.4 Å². The molecule has 3 rings (SSSR count). The van der Waals surface area contributed by atoms with Gasteiger partial charge in [0.1, 0.15) is 0 Å². The van der Waals surface area contributed by atoms with Crippen molar-refractivity contribution in [3.63, 3.8) is 0 Å². The lowest BCUT2D eigenvalue weighted by Gasteiger charge is -2.16. The highest BCUT2D eigenvalue weighted by molar-refractivity contribution is 5.98. The molecule has 25 heavy (non-hydrogen) atoms. The number of fused-ring (bicyclic) bond motifs is 1. The number of hydrogen-bond donors (Lipinski definition) is 3. The average molecular weight is 367 g/mol. The van der Waals surface area contributed by atoms with Gasteiger partial charge in [0.05, 0.1) is 6.10 Å². The van der Waals surface area contributed by atoms with Gasteiger partial charge in [-0.1, -0.05) is 12.1 Å². The number of β-amino-alcohol motifs (C(OH)–C–C–N with tert-alkyl or cyclic N) is 1. The molecule has 0 saturated carbocycles. The molecule has 5 nitrogen and oxygen atoms in total. The topological polar surface area (TPSA) is 78.4 Å². The van der Waals surface area contributed by atoms with E-state index in [0.29, 0.717) is 13.1 Å². The average Bonchev–Trinajstić information content (AvgIpc) is 3.02. The predicted octanol–water partition coefficient (Wildman–Crippen LogP) is 1.65.